The maximum Gasteiger partial charge on any atom is 0.327 e. The van der Waals surface area contributed by atoms with E-state index in [9.17, 15) is 14.4 Å². The van der Waals surface area contributed by atoms with Crippen molar-refractivity contribution in [3.8, 4) is 0 Å². The van der Waals surface area contributed by atoms with Crippen molar-refractivity contribution in [1.82, 2.24) is 15.1 Å². The second-order valence-electron chi connectivity index (χ2n) is 8.10. The molecule has 0 spiro atoms. The third-order valence-electron chi connectivity index (χ3n) is 5.75. The number of urea groups is 1. The Kier molecular flexibility index (Phi) is 7.32. The van der Waals surface area contributed by atoms with Gasteiger partial charge in [0.15, 0.2) is 0 Å². The normalized spacial score (nSPS) is 21.0. The van der Waals surface area contributed by atoms with E-state index in [1.807, 2.05) is 54.1 Å². The van der Waals surface area contributed by atoms with Crippen molar-refractivity contribution in [2.45, 2.75) is 43.5 Å². The number of thioether (sulfide) groups is 1. The molecule has 1 aromatic heterocycles. The summed E-state index contributed by atoms with van der Waals surface area (Å²) in [7, 11) is 0. The van der Waals surface area contributed by atoms with Gasteiger partial charge in [-0.15, -0.1) is 23.1 Å². The highest BCUT2D eigenvalue weighted by Crippen LogP contribution is 2.34. The van der Waals surface area contributed by atoms with Gasteiger partial charge in [-0.1, -0.05) is 42.5 Å². The van der Waals surface area contributed by atoms with Crippen LogP contribution in [-0.2, 0) is 22.4 Å². The Bertz CT molecular complexity index is 978. The number of hydrogen-bond donors (Lipinski definition) is 1. The molecular weight excluding hydrogens is 442 g/mol. The molecule has 4 rings (SSSR count). The Morgan fingerprint density at radius 3 is 2.69 bits per heavy atom. The zero-order valence-electron chi connectivity index (χ0n) is 18.0. The third kappa shape index (κ3) is 5.24. The van der Waals surface area contributed by atoms with Gasteiger partial charge in [-0.05, 0) is 48.6 Å². The van der Waals surface area contributed by atoms with Gasteiger partial charge in [-0.2, -0.15) is 0 Å². The monoisotopic (exact) mass is 469 g/mol. The van der Waals surface area contributed by atoms with Crippen molar-refractivity contribution in [2.75, 3.05) is 13.1 Å². The lowest BCUT2D eigenvalue weighted by molar-refractivity contribution is -0.133. The fourth-order valence-electron chi connectivity index (χ4n) is 4.02. The van der Waals surface area contributed by atoms with Gasteiger partial charge in [0.1, 0.15) is 11.8 Å². The second-order valence-corrected chi connectivity index (χ2v) is 10.2. The van der Waals surface area contributed by atoms with Crippen molar-refractivity contribution in [3.63, 3.8) is 0 Å². The summed E-state index contributed by atoms with van der Waals surface area (Å²) in [6, 6.07) is 13.4. The van der Waals surface area contributed by atoms with Crippen LogP contribution in [0.25, 0.3) is 0 Å². The second kappa shape index (κ2) is 10.4. The number of fused-ring (bicyclic) bond motifs is 1. The molecule has 3 atom stereocenters. The van der Waals surface area contributed by atoms with Gasteiger partial charge in [0.25, 0.3) is 0 Å². The highest BCUT2D eigenvalue weighted by molar-refractivity contribution is 8.03. The van der Waals surface area contributed by atoms with Gasteiger partial charge >= 0.3 is 6.03 Å². The number of hydrogen-bond acceptors (Lipinski definition) is 5. The predicted octanol–water partition coefficient (Wildman–Crippen LogP) is 3.69. The van der Waals surface area contributed by atoms with Crippen molar-refractivity contribution in [2.24, 2.45) is 0 Å². The zero-order chi connectivity index (χ0) is 22.5. The van der Waals surface area contributed by atoms with E-state index in [4.69, 9.17) is 0 Å². The molecule has 4 amide bonds. The van der Waals surface area contributed by atoms with Gasteiger partial charge in [0, 0.05) is 17.5 Å². The minimum absolute atomic E-state index is 0.0107. The van der Waals surface area contributed by atoms with Crippen LogP contribution < -0.4 is 5.32 Å². The maximum absolute atomic E-state index is 13.2. The largest absolute Gasteiger partial charge is 0.352 e. The molecule has 1 saturated heterocycles. The first-order valence-corrected chi connectivity index (χ1v) is 12.6. The van der Waals surface area contributed by atoms with Crippen LogP contribution in [0.2, 0.25) is 0 Å². The number of amides is 4. The fourth-order valence-corrected chi connectivity index (χ4v) is 5.79. The fraction of sp³-hybridized carbons (Fsp3) is 0.375. The van der Waals surface area contributed by atoms with E-state index in [0.717, 1.165) is 17.7 Å². The molecule has 0 aliphatic carbocycles. The first-order valence-electron chi connectivity index (χ1n) is 10.8. The standard InChI is InChI=1S/C24H27N3O3S2/c1-17(9-10-18-6-3-2-4-7-18)25-21(28)16-27-20-12-15-32-22(20)23(29)26(24(27)30)13-11-19-8-5-14-31-19/h2-8,12,14-15,17,20,22H,9-11,13,16H2,1H3,(H,25,28). The number of thiophene rings is 1. The number of nitrogens with zero attached hydrogens (tertiary/aromatic N) is 2. The lowest BCUT2D eigenvalue weighted by Crippen LogP contribution is -2.63. The summed E-state index contributed by atoms with van der Waals surface area (Å²) in [6.07, 6.45) is 4.17. The van der Waals surface area contributed by atoms with Gasteiger partial charge in [0.2, 0.25) is 11.8 Å². The molecule has 168 valence electrons. The van der Waals surface area contributed by atoms with Crippen molar-refractivity contribution in [3.05, 3.63) is 69.8 Å². The Labute approximate surface area is 196 Å². The van der Waals surface area contributed by atoms with Gasteiger partial charge in [-0.3, -0.25) is 14.5 Å². The quantitative estimate of drug-likeness (QED) is 0.608. The number of carbonyl (C=O) groups excluding carboxylic acids is 3. The molecule has 6 nitrogen and oxygen atoms in total. The maximum atomic E-state index is 13.2. The average Bonchev–Trinajstić information content (AvgIpc) is 3.48. The van der Waals surface area contributed by atoms with Gasteiger partial charge < -0.3 is 10.2 Å². The molecular formula is C24H27N3O3S2. The van der Waals surface area contributed by atoms with Crippen LogP contribution in [0.4, 0.5) is 4.79 Å². The zero-order valence-corrected chi connectivity index (χ0v) is 19.6. The molecule has 3 heterocycles. The summed E-state index contributed by atoms with van der Waals surface area (Å²) in [5.74, 6) is -0.366. The molecule has 2 aliphatic heterocycles. The summed E-state index contributed by atoms with van der Waals surface area (Å²) in [6.45, 7) is 2.25. The smallest absolute Gasteiger partial charge is 0.327 e. The number of imide groups is 1. The molecule has 0 radical (unpaired) electrons. The molecule has 32 heavy (non-hydrogen) atoms. The minimum atomic E-state index is -0.382. The van der Waals surface area contributed by atoms with E-state index < -0.39 is 0 Å². The summed E-state index contributed by atoms with van der Waals surface area (Å²) in [5, 5.41) is 6.48. The van der Waals surface area contributed by atoms with Crippen LogP contribution in [0.1, 0.15) is 23.8 Å². The molecule has 2 aliphatic rings. The van der Waals surface area contributed by atoms with Crippen LogP contribution in [-0.4, -0.2) is 58.1 Å². The van der Waals surface area contributed by atoms with Crippen LogP contribution in [0, 0.1) is 0 Å². The molecule has 8 heteroatoms. The van der Waals surface area contributed by atoms with Crippen molar-refractivity contribution >= 4 is 40.9 Å². The highest BCUT2D eigenvalue weighted by Gasteiger charge is 2.47. The lowest BCUT2D eigenvalue weighted by atomic mass is 10.1. The predicted molar refractivity (Wildman–Crippen MR) is 129 cm³/mol. The van der Waals surface area contributed by atoms with Crippen molar-refractivity contribution in [1.29, 1.82) is 0 Å². The molecule has 0 bridgehead atoms. The van der Waals surface area contributed by atoms with E-state index >= 15 is 0 Å². The number of benzene rings is 1. The van der Waals surface area contributed by atoms with E-state index in [-0.39, 0.29) is 41.7 Å². The Balaban J connectivity index is 1.36. The van der Waals surface area contributed by atoms with Crippen LogP contribution in [0.15, 0.2) is 59.3 Å². The minimum Gasteiger partial charge on any atom is -0.352 e. The summed E-state index contributed by atoms with van der Waals surface area (Å²) < 4.78 is 0. The Morgan fingerprint density at radius 2 is 1.94 bits per heavy atom. The van der Waals surface area contributed by atoms with Gasteiger partial charge in [0.05, 0.1) is 6.04 Å². The molecule has 3 unspecified atom stereocenters. The van der Waals surface area contributed by atoms with E-state index in [2.05, 4.69) is 17.4 Å². The Morgan fingerprint density at radius 1 is 1.12 bits per heavy atom. The number of nitrogens with one attached hydrogen (secondary N) is 1. The average molecular weight is 470 g/mol. The van der Waals surface area contributed by atoms with E-state index in [1.165, 1.54) is 27.1 Å². The van der Waals surface area contributed by atoms with Gasteiger partial charge in [-0.25, -0.2) is 4.79 Å². The lowest BCUT2D eigenvalue weighted by Gasteiger charge is -2.41. The molecule has 0 saturated carbocycles. The van der Waals surface area contributed by atoms with E-state index in [0.29, 0.717) is 13.0 Å². The van der Waals surface area contributed by atoms with Crippen molar-refractivity contribution < 1.29 is 14.4 Å². The number of carbonyl (C=O) groups is 3. The molecule has 2 aromatic rings. The molecule has 1 aromatic carbocycles. The Hall–Kier alpha value is -2.58. The van der Waals surface area contributed by atoms with Crippen LogP contribution >= 0.6 is 23.1 Å². The summed E-state index contributed by atoms with van der Waals surface area (Å²) in [4.78, 5) is 42.8. The first-order chi connectivity index (χ1) is 15.5. The summed E-state index contributed by atoms with van der Waals surface area (Å²) >= 11 is 3.03. The molecule has 1 fully saturated rings. The van der Waals surface area contributed by atoms with Crippen LogP contribution in [0.3, 0.4) is 0 Å². The topological polar surface area (TPSA) is 69.7 Å². The highest BCUT2D eigenvalue weighted by atomic mass is 32.2. The van der Waals surface area contributed by atoms with Crippen LogP contribution in [0.5, 0.6) is 0 Å². The third-order valence-corrected chi connectivity index (χ3v) is 7.77. The van der Waals surface area contributed by atoms with E-state index in [1.54, 1.807) is 11.3 Å². The first kappa shape index (κ1) is 22.6. The summed E-state index contributed by atoms with van der Waals surface area (Å²) in [5.41, 5.74) is 1.23. The SMILES string of the molecule is CC(CCc1ccccc1)NC(=O)CN1C(=O)N(CCc2cccs2)C(=O)C2SC=CC21. The number of aryl methyl sites for hydroxylation is 1. The number of rotatable bonds is 9. The molecule has 1 N–H and O–H groups in total.